The summed E-state index contributed by atoms with van der Waals surface area (Å²) in [4.78, 5) is 12.7. The third-order valence-corrected chi connectivity index (χ3v) is 4.42. The van der Waals surface area contributed by atoms with Crippen molar-refractivity contribution in [3.63, 3.8) is 0 Å². The number of carbonyl (C=O) groups excluding carboxylic acids is 1. The molecule has 0 bridgehead atoms. The normalized spacial score (nSPS) is 23.5. The second-order valence-electron chi connectivity index (χ2n) is 6.61. The maximum Gasteiger partial charge on any atom is 0.171 e. The van der Waals surface area contributed by atoms with Crippen molar-refractivity contribution in [1.29, 1.82) is 0 Å². The highest BCUT2D eigenvalue weighted by molar-refractivity contribution is 7.80. The van der Waals surface area contributed by atoms with Gasteiger partial charge >= 0.3 is 0 Å². The van der Waals surface area contributed by atoms with Crippen LogP contribution in [-0.2, 0) is 4.79 Å². The van der Waals surface area contributed by atoms with Gasteiger partial charge in [-0.15, -0.1) is 0 Å². The van der Waals surface area contributed by atoms with Crippen LogP contribution in [0.4, 0.5) is 0 Å². The molecule has 1 heterocycles. The van der Waals surface area contributed by atoms with Gasteiger partial charge in [0.25, 0.3) is 0 Å². The Hall–Kier alpha value is -1.88. The van der Waals surface area contributed by atoms with Crippen molar-refractivity contribution in [2.24, 2.45) is 5.41 Å². The molecule has 1 aliphatic heterocycles. The minimum absolute atomic E-state index is 0.0405. The lowest BCUT2D eigenvalue weighted by molar-refractivity contribution is -0.118. The number of hydrogen-bond donors (Lipinski definition) is 2. The highest BCUT2D eigenvalue weighted by atomic mass is 32.1. The van der Waals surface area contributed by atoms with Gasteiger partial charge in [-0.2, -0.15) is 0 Å². The Morgan fingerprint density at radius 2 is 2.00 bits per heavy atom. The van der Waals surface area contributed by atoms with Gasteiger partial charge in [0.15, 0.2) is 10.9 Å². The van der Waals surface area contributed by atoms with Crippen molar-refractivity contribution in [3.8, 4) is 5.75 Å². The number of ketones is 1. The number of allylic oxidation sites excluding steroid dienone is 1. The molecule has 0 saturated carbocycles. The van der Waals surface area contributed by atoms with E-state index >= 15 is 0 Å². The van der Waals surface area contributed by atoms with Crippen LogP contribution in [-0.4, -0.2) is 18.0 Å². The molecule has 0 amide bonds. The second-order valence-corrected chi connectivity index (χ2v) is 7.01. The maximum absolute atomic E-state index is 12.7. The van der Waals surface area contributed by atoms with E-state index in [0.29, 0.717) is 11.5 Å². The maximum atomic E-state index is 12.7. The van der Waals surface area contributed by atoms with Crippen LogP contribution < -0.4 is 15.4 Å². The fourth-order valence-corrected chi connectivity index (χ4v) is 3.54. The van der Waals surface area contributed by atoms with E-state index in [9.17, 15) is 4.79 Å². The molecule has 0 fully saturated rings. The van der Waals surface area contributed by atoms with Crippen molar-refractivity contribution in [2.75, 3.05) is 7.11 Å². The molecule has 1 aliphatic carbocycles. The fraction of sp³-hybridized carbons (Fsp3) is 0.412. The predicted molar refractivity (Wildman–Crippen MR) is 89.7 cm³/mol. The molecule has 4 nitrogen and oxygen atoms in total. The summed E-state index contributed by atoms with van der Waals surface area (Å²) in [6, 6.07) is 7.50. The third kappa shape index (κ3) is 2.61. The topological polar surface area (TPSA) is 50.4 Å². The molecule has 0 unspecified atom stereocenters. The summed E-state index contributed by atoms with van der Waals surface area (Å²) in [6.45, 7) is 4.22. The van der Waals surface area contributed by atoms with E-state index in [1.54, 1.807) is 7.11 Å². The van der Waals surface area contributed by atoms with Gasteiger partial charge in [-0.05, 0) is 30.1 Å². The molecule has 1 aromatic rings. The summed E-state index contributed by atoms with van der Waals surface area (Å²) in [5, 5.41) is 6.96. The van der Waals surface area contributed by atoms with Gasteiger partial charge in [-0.1, -0.05) is 32.0 Å². The Balaban J connectivity index is 2.11. The quantitative estimate of drug-likeness (QED) is 0.822. The number of carbonyl (C=O) groups is 1. The molecule has 2 N–H and O–H groups in total. The average Bonchev–Trinajstić information content (AvgIpc) is 2.44. The number of para-hydroxylation sites is 1. The molecule has 1 atom stereocenters. The monoisotopic (exact) mass is 316 g/mol. The number of methoxy groups -OCH3 is 1. The molecule has 5 heteroatoms. The zero-order valence-electron chi connectivity index (χ0n) is 13.0. The van der Waals surface area contributed by atoms with Gasteiger partial charge in [0, 0.05) is 23.3 Å². The van der Waals surface area contributed by atoms with Crippen LogP contribution in [0.3, 0.4) is 0 Å². The minimum atomic E-state index is -0.247. The molecule has 0 saturated heterocycles. The van der Waals surface area contributed by atoms with Gasteiger partial charge in [0.2, 0.25) is 0 Å². The average molecular weight is 316 g/mol. The van der Waals surface area contributed by atoms with E-state index in [4.69, 9.17) is 17.0 Å². The number of nitrogens with one attached hydrogen (secondary N) is 2. The first kappa shape index (κ1) is 15.0. The lowest BCUT2D eigenvalue weighted by Crippen LogP contribution is -2.48. The molecular weight excluding hydrogens is 296 g/mol. The third-order valence-electron chi connectivity index (χ3n) is 4.20. The lowest BCUT2D eigenvalue weighted by Gasteiger charge is -2.39. The molecule has 2 aliphatic rings. The van der Waals surface area contributed by atoms with Crippen LogP contribution in [0.2, 0.25) is 0 Å². The van der Waals surface area contributed by atoms with Crippen LogP contribution in [0.15, 0.2) is 35.5 Å². The number of Topliss-reactive ketones (excluding diaryl/α,β-unsaturated/α-hetero) is 1. The predicted octanol–water partition coefficient (Wildman–Crippen LogP) is 2.86. The minimum Gasteiger partial charge on any atom is -0.496 e. The SMILES string of the molecule is COc1ccccc1[C@@H]1NC(=S)NC2=C1C(=O)CC(C)(C)C2. The van der Waals surface area contributed by atoms with Crippen LogP contribution in [0.1, 0.15) is 38.3 Å². The van der Waals surface area contributed by atoms with Crippen LogP contribution in [0.5, 0.6) is 5.75 Å². The molecule has 3 rings (SSSR count). The van der Waals surface area contributed by atoms with E-state index in [1.165, 1.54) is 0 Å². The first-order valence-corrected chi connectivity index (χ1v) is 7.79. The molecule has 116 valence electrons. The summed E-state index contributed by atoms with van der Waals surface area (Å²) in [6.07, 6.45) is 1.37. The van der Waals surface area contributed by atoms with Gasteiger partial charge in [0.1, 0.15) is 5.75 Å². The van der Waals surface area contributed by atoms with Crippen molar-refractivity contribution in [1.82, 2.24) is 10.6 Å². The van der Waals surface area contributed by atoms with Crippen LogP contribution in [0, 0.1) is 5.41 Å². The van der Waals surface area contributed by atoms with Crippen molar-refractivity contribution in [3.05, 3.63) is 41.1 Å². The lowest BCUT2D eigenvalue weighted by atomic mass is 9.73. The fourth-order valence-electron chi connectivity index (χ4n) is 3.30. The Labute approximate surface area is 135 Å². The zero-order chi connectivity index (χ0) is 15.9. The largest absolute Gasteiger partial charge is 0.496 e. The van der Waals surface area contributed by atoms with E-state index in [-0.39, 0.29) is 17.2 Å². The van der Waals surface area contributed by atoms with Crippen LogP contribution >= 0.6 is 12.2 Å². The first-order valence-electron chi connectivity index (χ1n) is 7.38. The Morgan fingerprint density at radius 1 is 1.27 bits per heavy atom. The van der Waals surface area contributed by atoms with Gasteiger partial charge < -0.3 is 15.4 Å². The highest BCUT2D eigenvalue weighted by Gasteiger charge is 2.40. The Kier molecular flexibility index (Phi) is 3.68. The number of ether oxygens (including phenoxy) is 1. The Bertz CT molecular complexity index is 679. The van der Waals surface area contributed by atoms with Crippen molar-refractivity contribution in [2.45, 2.75) is 32.7 Å². The molecule has 0 aromatic heterocycles. The molecular formula is C17H20N2O2S. The smallest absolute Gasteiger partial charge is 0.171 e. The van der Waals surface area contributed by atoms with E-state index in [1.807, 2.05) is 24.3 Å². The molecule has 0 radical (unpaired) electrons. The van der Waals surface area contributed by atoms with Gasteiger partial charge in [-0.3, -0.25) is 4.79 Å². The number of rotatable bonds is 2. The van der Waals surface area contributed by atoms with Gasteiger partial charge in [0.05, 0.1) is 13.2 Å². The van der Waals surface area contributed by atoms with E-state index in [0.717, 1.165) is 29.0 Å². The number of thiocarbonyl (C=S) groups is 1. The summed E-state index contributed by atoms with van der Waals surface area (Å²) in [5.74, 6) is 0.929. The highest BCUT2D eigenvalue weighted by Crippen LogP contribution is 2.42. The number of benzene rings is 1. The summed E-state index contributed by atoms with van der Waals surface area (Å²) in [5.41, 5.74) is 2.63. The van der Waals surface area contributed by atoms with E-state index < -0.39 is 0 Å². The number of hydrogen-bond acceptors (Lipinski definition) is 3. The molecule has 0 spiro atoms. The first-order chi connectivity index (χ1) is 10.4. The van der Waals surface area contributed by atoms with Gasteiger partial charge in [-0.25, -0.2) is 0 Å². The van der Waals surface area contributed by atoms with Crippen LogP contribution in [0.25, 0.3) is 0 Å². The summed E-state index contributed by atoms with van der Waals surface area (Å²) < 4.78 is 5.45. The van der Waals surface area contributed by atoms with Crippen molar-refractivity contribution >= 4 is 23.1 Å². The van der Waals surface area contributed by atoms with E-state index in [2.05, 4.69) is 24.5 Å². The Morgan fingerprint density at radius 3 is 2.73 bits per heavy atom. The molecule has 1 aromatic carbocycles. The second kappa shape index (κ2) is 5.39. The van der Waals surface area contributed by atoms with Crippen molar-refractivity contribution < 1.29 is 9.53 Å². The summed E-state index contributed by atoms with van der Waals surface area (Å²) >= 11 is 5.34. The standard InChI is InChI=1S/C17H20N2O2S/c1-17(2)8-11-14(12(20)9-17)15(19-16(22)18-11)10-6-4-5-7-13(10)21-3/h4-7,15H,8-9H2,1-3H3,(H2,18,19,22)/t15-/m0/s1. The summed E-state index contributed by atoms with van der Waals surface area (Å²) in [7, 11) is 1.64. The molecule has 22 heavy (non-hydrogen) atoms. The zero-order valence-corrected chi connectivity index (χ0v) is 13.8.